The lowest BCUT2D eigenvalue weighted by Gasteiger charge is -2.05. The fourth-order valence-corrected chi connectivity index (χ4v) is 2.91. The van der Waals surface area contributed by atoms with E-state index in [-0.39, 0.29) is 0 Å². The second-order valence-corrected chi connectivity index (χ2v) is 5.49. The molecule has 5 heteroatoms. The van der Waals surface area contributed by atoms with Crippen LogP contribution in [0.1, 0.15) is 22.5 Å². The number of halogens is 1. The van der Waals surface area contributed by atoms with Crippen LogP contribution in [0.3, 0.4) is 0 Å². The summed E-state index contributed by atoms with van der Waals surface area (Å²) in [4.78, 5) is 8.74. The molecule has 96 valence electrons. The molecule has 0 N–H and O–H groups in total. The van der Waals surface area contributed by atoms with Gasteiger partial charge in [0.2, 0.25) is 0 Å². The smallest absolute Gasteiger partial charge is 0.188 e. The molecule has 1 aromatic carbocycles. The Morgan fingerprint density at radius 3 is 2.47 bits per heavy atom. The van der Waals surface area contributed by atoms with Crippen LogP contribution in [0.15, 0.2) is 29.4 Å². The van der Waals surface area contributed by atoms with Gasteiger partial charge in [-0.15, -0.1) is 0 Å². The second kappa shape index (κ2) is 6.05. The molecule has 0 aliphatic carbocycles. The summed E-state index contributed by atoms with van der Waals surface area (Å²) < 4.78 is 0. The van der Waals surface area contributed by atoms with Crippen LogP contribution in [-0.2, 0) is 5.75 Å². The molecule has 1 aromatic heterocycles. The minimum Gasteiger partial charge on any atom is -0.228 e. The zero-order chi connectivity index (χ0) is 13.8. The Morgan fingerprint density at radius 2 is 1.89 bits per heavy atom. The highest BCUT2D eigenvalue weighted by atomic mass is 35.5. The van der Waals surface area contributed by atoms with Crippen molar-refractivity contribution >= 4 is 23.4 Å². The average Bonchev–Trinajstić information content (AvgIpc) is 2.36. The number of benzene rings is 1. The van der Waals surface area contributed by atoms with Gasteiger partial charge in [0.15, 0.2) is 5.16 Å². The number of aromatic nitrogens is 2. The molecule has 0 bridgehead atoms. The van der Waals surface area contributed by atoms with Crippen molar-refractivity contribution < 1.29 is 0 Å². The molecular formula is C14H12ClN3S. The fraction of sp³-hybridized carbons (Fsp3) is 0.214. The lowest BCUT2D eigenvalue weighted by Crippen LogP contribution is -1.93. The minimum absolute atomic E-state index is 0.571. The number of hydrogen-bond donors (Lipinski definition) is 0. The lowest BCUT2D eigenvalue weighted by atomic mass is 10.2. The third kappa shape index (κ3) is 3.69. The van der Waals surface area contributed by atoms with E-state index < -0.39 is 0 Å². The zero-order valence-corrected chi connectivity index (χ0v) is 12.2. The van der Waals surface area contributed by atoms with Gasteiger partial charge in [-0.1, -0.05) is 29.4 Å². The number of thioether (sulfide) groups is 1. The van der Waals surface area contributed by atoms with Crippen molar-refractivity contribution in [2.24, 2.45) is 0 Å². The largest absolute Gasteiger partial charge is 0.228 e. The maximum absolute atomic E-state index is 8.79. The molecule has 0 amide bonds. The Hall–Kier alpha value is -1.57. The Bertz CT molecular complexity index is 629. The van der Waals surface area contributed by atoms with Crippen LogP contribution in [0.4, 0.5) is 0 Å². The third-order valence-electron chi connectivity index (χ3n) is 2.50. The first kappa shape index (κ1) is 13.9. The van der Waals surface area contributed by atoms with Crippen molar-refractivity contribution in [2.45, 2.75) is 24.8 Å². The summed E-state index contributed by atoms with van der Waals surface area (Å²) in [6.45, 7) is 3.90. The van der Waals surface area contributed by atoms with Crippen LogP contribution in [-0.4, -0.2) is 9.97 Å². The number of nitrogens with zero attached hydrogens (tertiary/aromatic N) is 3. The maximum Gasteiger partial charge on any atom is 0.188 e. The maximum atomic E-state index is 8.79. The molecule has 0 fully saturated rings. The standard InChI is InChI=1S/C14H12ClN3S/c1-9-5-10(2)18-14(17-9)19-8-12-4-3-11(7-16)6-13(12)15/h3-6H,8H2,1-2H3. The van der Waals surface area contributed by atoms with E-state index >= 15 is 0 Å². The van der Waals surface area contributed by atoms with Crippen LogP contribution < -0.4 is 0 Å². The van der Waals surface area contributed by atoms with E-state index in [4.69, 9.17) is 16.9 Å². The third-order valence-corrected chi connectivity index (χ3v) is 3.75. The highest BCUT2D eigenvalue weighted by Gasteiger charge is 2.05. The summed E-state index contributed by atoms with van der Waals surface area (Å²) in [6, 6.07) is 9.33. The summed E-state index contributed by atoms with van der Waals surface area (Å²) in [5.41, 5.74) is 3.47. The zero-order valence-electron chi connectivity index (χ0n) is 10.6. The van der Waals surface area contributed by atoms with Gasteiger partial charge in [-0.2, -0.15) is 5.26 Å². The highest BCUT2D eigenvalue weighted by molar-refractivity contribution is 7.98. The molecule has 2 rings (SSSR count). The molecule has 0 aliphatic heterocycles. The number of aryl methyl sites for hydroxylation is 2. The van der Waals surface area contributed by atoms with E-state index in [1.165, 1.54) is 11.8 Å². The highest BCUT2D eigenvalue weighted by Crippen LogP contribution is 2.25. The summed E-state index contributed by atoms with van der Waals surface area (Å²) in [5.74, 6) is 0.688. The molecule has 0 saturated heterocycles. The molecule has 3 nitrogen and oxygen atoms in total. The van der Waals surface area contributed by atoms with Gasteiger partial charge in [-0.25, -0.2) is 9.97 Å². The van der Waals surface area contributed by atoms with E-state index in [1.54, 1.807) is 12.1 Å². The van der Waals surface area contributed by atoms with E-state index in [2.05, 4.69) is 16.0 Å². The number of nitriles is 1. The molecule has 0 aliphatic rings. The quantitative estimate of drug-likeness (QED) is 0.635. The first-order chi connectivity index (χ1) is 9.08. The molecule has 2 aromatic rings. The van der Waals surface area contributed by atoms with Gasteiger partial charge in [-0.3, -0.25) is 0 Å². The van der Waals surface area contributed by atoms with E-state index in [9.17, 15) is 0 Å². The predicted molar refractivity (Wildman–Crippen MR) is 77.2 cm³/mol. The summed E-state index contributed by atoms with van der Waals surface area (Å²) in [6.07, 6.45) is 0. The van der Waals surface area contributed by atoms with Crippen molar-refractivity contribution in [3.05, 3.63) is 51.8 Å². The number of hydrogen-bond acceptors (Lipinski definition) is 4. The molecule has 0 spiro atoms. The summed E-state index contributed by atoms with van der Waals surface area (Å²) in [5, 5.41) is 10.1. The molecule has 0 unspecified atom stereocenters. The fourth-order valence-electron chi connectivity index (χ4n) is 1.63. The van der Waals surface area contributed by atoms with Crippen molar-refractivity contribution in [1.29, 1.82) is 5.26 Å². The molecule has 1 heterocycles. The van der Waals surface area contributed by atoms with E-state index in [1.807, 2.05) is 26.0 Å². The van der Waals surface area contributed by atoms with Crippen LogP contribution in [0.5, 0.6) is 0 Å². The van der Waals surface area contributed by atoms with Crippen molar-refractivity contribution in [3.63, 3.8) is 0 Å². The Kier molecular flexibility index (Phi) is 4.41. The van der Waals surface area contributed by atoms with Gasteiger partial charge >= 0.3 is 0 Å². The van der Waals surface area contributed by atoms with Crippen molar-refractivity contribution in [2.75, 3.05) is 0 Å². The van der Waals surface area contributed by atoms with Crippen LogP contribution in [0.25, 0.3) is 0 Å². The van der Waals surface area contributed by atoms with E-state index in [0.29, 0.717) is 16.3 Å². The number of rotatable bonds is 3. The molecule has 0 radical (unpaired) electrons. The molecule has 0 saturated carbocycles. The van der Waals surface area contributed by atoms with Gasteiger partial charge in [0.25, 0.3) is 0 Å². The predicted octanol–water partition coefficient (Wildman–Crippen LogP) is 3.91. The van der Waals surface area contributed by atoms with Crippen molar-refractivity contribution in [1.82, 2.24) is 9.97 Å². The first-order valence-corrected chi connectivity index (χ1v) is 7.08. The molecular weight excluding hydrogens is 278 g/mol. The Labute approximate surface area is 121 Å². The monoisotopic (exact) mass is 289 g/mol. The average molecular weight is 290 g/mol. The normalized spacial score (nSPS) is 10.2. The van der Waals surface area contributed by atoms with Crippen LogP contribution >= 0.6 is 23.4 Å². The first-order valence-electron chi connectivity index (χ1n) is 5.72. The van der Waals surface area contributed by atoms with Gasteiger partial charge < -0.3 is 0 Å². The van der Waals surface area contributed by atoms with Gasteiger partial charge in [0, 0.05) is 22.2 Å². The van der Waals surface area contributed by atoms with Gasteiger partial charge in [0.05, 0.1) is 11.6 Å². The Morgan fingerprint density at radius 1 is 1.21 bits per heavy atom. The van der Waals surface area contributed by atoms with E-state index in [0.717, 1.165) is 22.1 Å². The van der Waals surface area contributed by atoms with Gasteiger partial charge in [-0.05, 0) is 37.6 Å². The SMILES string of the molecule is Cc1cc(C)nc(SCc2ccc(C#N)cc2Cl)n1. The van der Waals surface area contributed by atoms with Gasteiger partial charge in [0.1, 0.15) is 0 Å². The Balaban J connectivity index is 2.12. The summed E-state index contributed by atoms with van der Waals surface area (Å²) >= 11 is 7.67. The van der Waals surface area contributed by atoms with Crippen LogP contribution in [0.2, 0.25) is 5.02 Å². The van der Waals surface area contributed by atoms with Crippen molar-refractivity contribution in [3.8, 4) is 6.07 Å². The molecule has 19 heavy (non-hydrogen) atoms. The minimum atomic E-state index is 0.571. The topological polar surface area (TPSA) is 49.6 Å². The summed E-state index contributed by atoms with van der Waals surface area (Å²) in [7, 11) is 0. The second-order valence-electron chi connectivity index (χ2n) is 4.14. The lowest BCUT2D eigenvalue weighted by molar-refractivity contribution is 0.902. The molecule has 0 atom stereocenters. The van der Waals surface area contributed by atoms with Crippen LogP contribution in [0, 0.1) is 25.2 Å².